The first kappa shape index (κ1) is 39.1. The van der Waals surface area contributed by atoms with Gasteiger partial charge in [-0.2, -0.15) is 4.67 Å². The third-order valence-electron chi connectivity index (χ3n) is 6.21. The summed E-state index contributed by atoms with van der Waals surface area (Å²) in [6, 6.07) is 0. The second-order valence-electron chi connectivity index (χ2n) is 11.4. The van der Waals surface area contributed by atoms with Crippen LogP contribution in [0.15, 0.2) is 0 Å². The summed E-state index contributed by atoms with van der Waals surface area (Å²) in [6.07, 6.45) is 20.5. The molecule has 226 valence electrons. The molecule has 0 spiro atoms. The average Bonchev–Trinajstić information content (AvgIpc) is 2.79. The minimum atomic E-state index is -3.09. The van der Waals surface area contributed by atoms with E-state index in [1.807, 2.05) is 28.1 Å². The van der Waals surface area contributed by atoms with Crippen LogP contribution in [0.1, 0.15) is 123 Å². The Morgan fingerprint density at radius 3 is 1.54 bits per heavy atom. The minimum Gasteiger partial charge on any atom is -0.870 e. The van der Waals surface area contributed by atoms with Gasteiger partial charge in [-0.3, -0.25) is 4.57 Å². The zero-order valence-electron chi connectivity index (χ0n) is 24.7. The first-order valence-corrected chi connectivity index (χ1v) is 17.6. The Bertz CT molecular complexity index is 627. The number of hydrogen-bond acceptors (Lipinski definition) is 7. The van der Waals surface area contributed by atoms with Crippen LogP contribution in [0.3, 0.4) is 0 Å². The maximum atomic E-state index is 12.2. The zero-order valence-corrected chi connectivity index (χ0v) is 26.5. The molecule has 0 saturated heterocycles. The van der Waals surface area contributed by atoms with E-state index in [9.17, 15) is 13.0 Å². The predicted molar refractivity (Wildman–Crippen MR) is 154 cm³/mol. The molecule has 0 amide bonds. The van der Waals surface area contributed by atoms with E-state index in [4.69, 9.17) is 14.1 Å². The normalized spacial score (nSPS) is 13.9. The van der Waals surface area contributed by atoms with Crippen molar-refractivity contribution in [2.45, 2.75) is 129 Å². The Balaban J connectivity index is 0. The van der Waals surface area contributed by atoms with Crippen LogP contribution in [0.5, 0.6) is 0 Å². The minimum absolute atomic E-state index is 0. The highest BCUT2D eigenvalue weighted by Gasteiger charge is 2.16. The molecule has 2 unspecified atom stereocenters. The fraction of sp³-hybridized carbons (Fsp3) is 1.00. The second-order valence-corrected chi connectivity index (χ2v) is 14.6. The van der Waals surface area contributed by atoms with Crippen LogP contribution in [-0.4, -0.2) is 70.3 Å². The number of nitrogens with zero attached hydrogens (tertiary/aromatic N) is 1. The first-order chi connectivity index (χ1) is 17.1. The molecule has 0 rings (SSSR count). The summed E-state index contributed by atoms with van der Waals surface area (Å²) < 4.78 is 46.7. The summed E-state index contributed by atoms with van der Waals surface area (Å²) in [4.78, 5) is 5.09. The largest absolute Gasteiger partial charge is 0.870 e. The van der Waals surface area contributed by atoms with Crippen molar-refractivity contribution in [3.05, 3.63) is 0 Å². The van der Waals surface area contributed by atoms with Gasteiger partial charge >= 0.3 is 8.25 Å². The lowest BCUT2D eigenvalue weighted by Crippen LogP contribution is -2.41. The van der Waals surface area contributed by atoms with Crippen molar-refractivity contribution in [2.75, 3.05) is 45.8 Å². The molecule has 0 radical (unpaired) electrons. The van der Waals surface area contributed by atoms with Gasteiger partial charge in [-0.25, -0.2) is 13.3 Å². The number of quaternary nitrogens is 1. The van der Waals surface area contributed by atoms with E-state index < -0.39 is 18.1 Å². The molecule has 0 fully saturated rings. The third kappa shape index (κ3) is 30.4. The summed E-state index contributed by atoms with van der Waals surface area (Å²) in [7, 11) is 0.218. The van der Waals surface area contributed by atoms with Gasteiger partial charge in [-0.15, -0.1) is 0 Å². The second kappa shape index (κ2) is 25.0. The molecule has 0 aliphatic rings. The Hall–Kier alpha value is -0.0200. The van der Waals surface area contributed by atoms with Gasteiger partial charge in [0.15, 0.2) is 0 Å². The van der Waals surface area contributed by atoms with Crippen LogP contribution in [0.4, 0.5) is 0 Å². The van der Waals surface area contributed by atoms with E-state index >= 15 is 0 Å². The molecule has 37 heavy (non-hydrogen) atoms. The molecule has 1 N–H and O–H groups in total. The van der Waals surface area contributed by atoms with Crippen molar-refractivity contribution in [1.82, 2.24) is 0 Å². The SMILES string of the molecule is CCCCCCCCCCCCCCCCCCS(=O)(=O)CCCO[PH](=O)OOC(C)C[N+](C)(C)C.[OH-]. The topological polar surface area (TPSA) is 109 Å². The van der Waals surface area contributed by atoms with Crippen LogP contribution in [0, 0.1) is 0 Å². The molecule has 2 atom stereocenters. The number of rotatable bonds is 27. The summed E-state index contributed by atoms with van der Waals surface area (Å²) in [5.74, 6) is 0.280. The smallest absolute Gasteiger partial charge is 0.347 e. The summed E-state index contributed by atoms with van der Waals surface area (Å²) in [5.41, 5.74) is 0. The lowest BCUT2D eigenvalue weighted by atomic mass is 10.0. The highest BCUT2D eigenvalue weighted by atomic mass is 32.2. The van der Waals surface area contributed by atoms with Gasteiger partial charge < -0.3 is 14.5 Å². The standard InChI is InChI=1S/C27H59NO6PS.H2O/c1-6-7-8-9-10-11-12-13-14-15-16-17-18-19-20-21-24-36(30,31)25-22-23-32-35(29)34-33-27(2)26-28(3,4)5;/h27,35H,6-26H2,1-5H3;1H2/q+1;/p-1. The fourth-order valence-electron chi connectivity index (χ4n) is 4.35. The van der Waals surface area contributed by atoms with Crippen LogP contribution in [-0.2, 0) is 28.5 Å². The van der Waals surface area contributed by atoms with Crippen molar-refractivity contribution in [3.63, 3.8) is 0 Å². The molecule has 0 aliphatic carbocycles. The van der Waals surface area contributed by atoms with Crippen LogP contribution >= 0.6 is 8.25 Å². The van der Waals surface area contributed by atoms with Gasteiger partial charge in [0.2, 0.25) is 0 Å². The van der Waals surface area contributed by atoms with Gasteiger partial charge in [-0.1, -0.05) is 103 Å². The number of sulfone groups is 1. The molecule has 10 heteroatoms. The third-order valence-corrected chi connectivity index (χ3v) is 8.71. The van der Waals surface area contributed by atoms with Crippen molar-refractivity contribution in [1.29, 1.82) is 0 Å². The number of likely N-dealkylation sites (N-methyl/N-ethyl adjacent to an activating group) is 1. The van der Waals surface area contributed by atoms with Crippen LogP contribution in [0.2, 0.25) is 0 Å². The zero-order chi connectivity index (χ0) is 27.1. The summed E-state index contributed by atoms with van der Waals surface area (Å²) in [5, 5.41) is 0. The predicted octanol–water partition coefficient (Wildman–Crippen LogP) is 7.33. The molecular formula is C27H60NO7PS. The fourth-order valence-corrected chi connectivity index (χ4v) is 6.36. The van der Waals surface area contributed by atoms with E-state index in [0.717, 1.165) is 19.3 Å². The van der Waals surface area contributed by atoms with Gasteiger partial charge in [0.25, 0.3) is 0 Å². The van der Waals surface area contributed by atoms with Gasteiger partial charge in [-0.05, 0) is 19.8 Å². The van der Waals surface area contributed by atoms with E-state index in [1.54, 1.807) is 0 Å². The van der Waals surface area contributed by atoms with Crippen LogP contribution in [0.25, 0.3) is 0 Å². The molecular weight excluding hydrogens is 513 g/mol. The van der Waals surface area contributed by atoms with Gasteiger partial charge in [0.1, 0.15) is 22.5 Å². The lowest BCUT2D eigenvalue weighted by Gasteiger charge is -2.26. The average molecular weight is 574 g/mol. The molecule has 0 heterocycles. The Morgan fingerprint density at radius 2 is 1.11 bits per heavy atom. The van der Waals surface area contributed by atoms with E-state index in [2.05, 4.69) is 6.92 Å². The van der Waals surface area contributed by atoms with Crippen molar-refractivity contribution in [3.8, 4) is 0 Å². The molecule has 0 aromatic heterocycles. The number of hydrogen-bond donors (Lipinski definition) is 0. The molecule has 8 nitrogen and oxygen atoms in total. The van der Waals surface area contributed by atoms with Crippen molar-refractivity contribution >= 4 is 18.1 Å². The van der Waals surface area contributed by atoms with E-state index in [-0.39, 0.29) is 29.7 Å². The van der Waals surface area contributed by atoms with E-state index in [1.165, 1.54) is 83.5 Å². The Morgan fingerprint density at radius 1 is 0.703 bits per heavy atom. The first-order valence-electron chi connectivity index (χ1n) is 14.6. The molecule has 0 bridgehead atoms. The molecule has 0 aromatic rings. The Labute approximate surface area is 229 Å². The maximum absolute atomic E-state index is 12.2. The monoisotopic (exact) mass is 573 g/mol. The summed E-state index contributed by atoms with van der Waals surface area (Å²) >= 11 is 0. The highest BCUT2D eigenvalue weighted by molar-refractivity contribution is 7.91. The molecule has 0 aliphatic heterocycles. The lowest BCUT2D eigenvalue weighted by molar-refractivity contribution is -0.874. The van der Waals surface area contributed by atoms with Gasteiger partial charge in [0.05, 0.1) is 39.3 Å². The quantitative estimate of drug-likeness (QED) is 0.0333. The highest BCUT2D eigenvalue weighted by Crippen LogP contribution is 2.25. The van der Waals surface area contributed by atoms with E-state index in [0.29, 0.717) is 17.4 Å². The van der Waals surface area contributed by atoms with Gasteiger partial charge in [0, 0.05) is 0 Å². The Kier molecular flexibility index (Phi) is 26.4. The number of unbranched alkanes of at least 4 members (excludes halogenated alkanes) is 15. The molecule has 0 saturated carbocycles. The van der Waals surface area contributed by atoms with Crippen molar-refractivity contribution < 1.29 is 37.0 Å². The maximum Gasteiger partial charge on any atom is 0.347 e. The van der Waals surface area contributed by atoms with Crippen molar-refractivity contribution in [2.24, 2.45) is 0 Å². The molecule has 0 aromatic carbocycles. The summed E-state index contributed by atoms with van der Waals surface area (Å²) in [6.45, 7) is 4.89. The van der Waals surface area contributed by atoms with Crippen LogP contribution < -0.4 is 0 Å².